The van der Waals surface area contributed by atoms with Crippen molar-refractivity contribution in [3.63, 3.8) is 0 Å². The van der Waals surface area contributed by atoms with Crippen molar-refractivity contribution < 1.29 is 14.6 Å². The maximum absolute atomic E-state index is 8.89. The van der Waals surface area contributed by atoms with Gasteiger partial charge in [-0.2, -0.15) is 11.8 Å². The van der Waals surface area contributed by atoms with E-state index in [2.05, 4.69) is 13.8 Å². The van der Waals surface area contributed by atoms with Crippen LogP contribution in [-0.4, -0.2) is 31.2 Å². The molecule has 1 atom stereocenters. The van der Waals surface area contributed by atoms with Crippen LogP contribution in [0.4, 0.5) is 0 Å². The lowest BCUT2D eigenvalue weighted by atomic mass is 10.1. The summed E-state index contributed by atoms with van der Waals surface area (Å²) in [7, 11) is 3.30. The molecule has 0 radical (unpaired) electrons. The van der Waals surface area contributed by atoms with E-state index in [4.69, 9.17) is 14.6 Å². The van der Waals surface area contributed by atoms with Gasteiger partial charge in [0.1, 0.15) is 0 Å². The molecule has 0 aliphatic rings. The lowest BCUT2D eigenvalue weighted by Crippen LogP contribution is -2.01. The van der Waals surface area contributed by atoms with Gasteiger partial charge in [-0.05, 0) is 36.6 Å². The topological polar surface area (TPSA) is 38.7 Å². The van der Waals surface area contributed by atoms with Gasteiger partial charge in [-0.25, -0.2) is 0 Å². The zero-order chi connectivity index (χ0) is 13.5. The van der Waals surface area contributed by atoms with Crippen molar-refractivity contribution in [1.82, 2.24) is 0 Å². The second kappa shape index (κ2) is 7.54. The molecule has 1 unspecified atom stereocenters. The quantitative estimate of drug-likeness (QED) is 0.826. The van der Waals surface area contributed by atoms with Crippen LogP contribution in [0.1, 0.15) is 24.5 Å². The largest absolute Gasteiger partial charge is 0.493 e. The Hall–Kier alpha value is -0.870. The van der Waals surface area contributed by atoms with E-state index in [1.54, 1.807) is 14.2 Å². The maximum Gasteiger partial charge on any atom is 0.161 e. The molecule has 0 amide bonds. The lowest BCUT2D eigenvalue weighted by Gasteiger charge is -2.14. The van der Waals surface area contributed by atoms with Crippen molar-refractivity contribution in [3.05, 3.63) is 23.3 Å². The molecular weight excluding hydrogens is 248 g/mol. The summed E-state index contributed by atoms with van der Waals surface area (Å²) in [5.41, 5.74) is 2.46. The highest BCUT2D eigenvalue weighted by molar-refractivity contribution is 7.99. The molecule has 1 rings (SSSR count). The highest BCUT2D eigenvalue weighted by Gasteiger charge is 2.10. The molecule has 102 valence electrons. The Labute approximate surface area is 113 Å². The first kappa shape index (κ1) is 15.2. The van der Waals surface area contributed by atoms with Crippen LogP contribution >= 0.6 is 11.8 Å². The van der Waals surface area contributed by atoms with E-state index in [-0.39, 0.29) is 6.61 Å². The molecule has 0 aromatic heterocycles. The van der Waals surface area contributed by atoms with E-state index in [0.717, 1.165) is 23.7 Å². The van der Waals surface area contributed by atoms with E-state index in [1.165, 1.54) is 11.1 Å². The smallest absolute Gasteiger partial charge is 0.161 e. The van der Waals surface area contributed by atoms with Crippen molar-refractivity contribution in [2.75, 3.05) is 20.8 Å². The molecule has 0 bridgehead atoms. The minimum Gasteiger partial charge on any atom is -0.493 e. The van der Waals surface area contributed by atoms with Crippen LogP contribution in [-0.2, 0) is 5.75 Å². The molecule has 0 heterocycles. The molecule has 3 nitrogen and oxygen atoms in total. The Bertz CT molecular complexity index is 380. The monoisotopic (exact) mass is 270 g/mol. The first-order chi connectivity index (χ1) is 8.62. The molecule has 4 heteroatoms. The summed E-state index contributed by atoms with van der Waals surface area (Å²) in [5, 5.41) is 9.35. The summed E-state index contributed by atoms with van der Waals surface area (Å²) in [5.74, 6) is 2.47. The van der Waals surface area contributed by atoms with Crippen molar-refractivity contribution in [1.29, 1.82) is 0 Å². The summed E-state index contributed by atoms with van der Waals surface area (Å²) >= 11 is 1.84. The van der Waals surface area contributed by atoms with E-state index in [9.17, 15) is 0 Å². The number of aliphatic hydroxyl groups is 1. The Morgan fingerprint density at radius 2 is 1.83 bits per heavy atom. The van der Waals surface area contributed by atoms with Crippen molar-refractivity contribution in [3.8, 4) is 11.5 Å². The molecule has 1 aromatic rings. The highest BCUT2D eigenvalue weighted by atomic mass is 32.2. The van der Waals surface area contributed by atoms with Gasteiger partial charge >= 0.3 is 0 Å². The van der Waals surface area contributed by atoms with Gasteiger partial charge in [-0.15, -0.1) is 0 Å². The summed E-state index contributed by atoms with van der Waals surface area (Å²) < 4.78 is 10.6. The number of rotatable bonds is 7. The number of hydrogen-bond donors (Lipinski definition) is 1. The molecule has 1 N–H and O–H groups in total. The molecule has 0 aliphatic heterocycles. The number of methoxy groups -OCH3 is 2. The fourth-order valence-electron chi connectivity index (χ4n) is 1.68. The number of benzene rings is 1. The minimum atomic E-state index is 0.249. The molecular formula is C14H22O3S. The van der Waals surface area contributed by atoms with Crippen LogP contribution in [0.25, 0.3) is 0 Å². The van der Waals surface area contributed by atoms with Gasteiger partial charge in [0.15, 0.2) is 11.5 Å². The number of ether oxygens (including phenoxy) is 2. The Balaban J connectivity index is 2.76. The minimum absolute atomic E-state index is 0.249. The van der Waals surface area contributed by atoms with E-state index in [0.29, 0.717) is 5.25 Å². The zero-order valence-electron chi connectivity index (χ0n) is 11.5. The SMILES string of the molecule is COc1cc(C)c(CSC(C)CCO)cc1OC. The zero-order valence-corrected chi connectivity index (χ0v) is 12.3. The Morgan fingerprint density at radius 3 is 2.39 bits per heavy atom. The third-order valence-corrected chi connectivity index (χ3v) is 4.18. The van der Waals surface area contributed by atoms with E-state index >= 15 is 0 Å². The van der Waals surface area contributed by atoms with Crippen LogP contribution < -0.4 is 9.47 Å². The second-order valence-corrected chi connectivity index (χ2v) is 5.69. The highest BCUT2D eigenvalue weighted by Crippen LogP contribution is 2.32. The standard InChI is InChI=1S/C14H22O3S/c1-10-7-13(16-3)14(17-4)8-12(10)9-18-11(2)5-6-15/h7-8,11,15H,5-6,9H2,1-4H3. The van der Waals surface area contributed by atoms with Crippen LogP contribution in [0.5, 0.6) is 11.5 Å². The van der Waals surface area contributed by atoms with Gasteiger partial charge in [0.05, 0.1) is 14.2 Å². The third-order valence-electron chi connectivity index (χ3n) is 2.90. The molecule has 18 heavy (non-hydrogen) atoms. The summed E-state index contributed by atoms with van der Waals surface area (Å²) in [6.45, 7) is 4.46. The van der Waals surface area contributed by atoms with Crippen LogP contribution in [0.15, 0.2) is 12.1 Å². The van der Waals surface area contributed by atoms with Gasteiger partial charge in [0, 0.05) is 17.6 Å². The number of aryl methyl sites for hydroxylation is 1. The number of hydrogen-bond acceptors (Lipinski definition) is 4. The fourth-order valence-corrected chi connectivity index (χ4v) is 2.72. The normalized spacial score (nSPS) is 12.3. The molecule has 0 fully saturated rings. The number of thioether (sulfide) groups is 1. The summed E-state index contributed by atoms with van der Waals surface area (Å²) in [6, 6.07) is 4.04. The third kappa shape index (κ3) is 4.10. The molecule has 0 spiro atoms. The fraction of sp³-hybridized carbons (Fsp3) is 0.571. The van der Waals surface area contributed by atoms with Crippen LogP contribution in [0.3, 0.4) is 0 Å². The molecule has 0 saturated carbocycles. The Morgan fingerprint density at radius 1 is 1.22 bits per heavy atom. The average molecular weight is 270 g/mol. The average Bonchev–Trinajstić information content (AvgIpc) is 2.37. The maximum atomic E-state index is 8.89. The first-order valence-corrected chi connectivity index (χ1v) is 7.11. The van der Waals surface area contributed by atoms with E-state index in [1.807, 2.05) is 23.9 Å². The molecule has 1 aromatic carbocycles. The predicted octanol–water partition coefficient (Wildman–Crippen LogP) is 3.02. The van der Waals surface area contributed by atoms with Gasteiger partial charge in [0.25, 0.3) is 0 Å². The van der Waals surface area contributed by atoms with Gasteiger partial charge in [-0.1, -0.05) is 6.92 Å². The van der Waals surface area contributed by atoms with Gasteiger partial charge in [0.2, 0.25) is 0 Å². The number of aliphatic hydroxyl groups excluding tert-OH is 1. The summed E-state index contributed by atoms with van der Waals surface area (Å²) in [4.78, 5) is 0. The lowest BCUT2D eigenvalue weighted by molar-refractivity contribution is 0.289. The first-order valence-electron chi connectivity index (χ1n) is 6.06. The second-order valence-electron chi connectivity index (χ2n) is 4.27. The van der Waals surface area contributed by atoms with Gasteiger partial charge < -0.3 is 14.6 Å². The van der Waals surface area contributed by atoms with Gasteiger partial charge in [-0.3, -0.25) is 0 Å². The molecule has 0 saturated heterocycles. The predicted molar refractivity (Wildman–Crippen MR) is 76.7 cm³/mol. The summed E-state index contributed by atoms with van der Waals surface area (Å²) in [6.07, 6.45) is 0.830. The van der Waals surface area contributed by atoms with Crippen LogP contribution in [0, 0.1) is 6.92 Å². The van der Waals surface area contributed by atoms with Crippen molar-refractivity contribution in [2.24, 2.45) is 0 Å². The Kier molecular flexibility index (Phi) is 6.36. The molecule has 0 aliphatic carbocycles. The van der Waals surface area contributed by atoms with E-state index < -0.39 is 0 Å². The van der Waals surface area contributed by atoms with Crippen molar-refractivity contribution >= 4 is 11.8 Å². The van der Waals surface area contributed by atoms with Crippen molar-refractivity contribution in [2.45, 2.75) is 31.3 Å². The van der Waals surface area contributed by atoms with Crippen LogP contribution in [0.2, 0.25) is 0 Å².